The van der Waals surface area contributed by atoms with Gasteiger partial charge in [-0.05, 0) is 44.1 Å². The van der Waals surface area contributed by atoms with E-state index < -0.39 is 20.7 Å². The summed E-state index contributed by atoms with van der Waals surface area (Å²) in [7, 11) is -4.03. The summed E-state index contributed by atoms with van der Waals surface area (Å²) in [6.45, 7) is -0.326. The molecule has 1 aromatic rings. The Labute approximate surface area is 146 Å². The Morgan fingerprint density at radius 1 is 1.29 bits per heavy atom. The van der Waals surface area contributed by atoms with Gasteiger partial charge in [-0.3, -0.25) is 4.79 Å². The summed E-state index contributed by atoms with van der Waals surface area (Å²) in [6, 6.07) is 5.55. The van der Waals surface area contributed by atoms with Crippen molar-refractivity contribution in [1.82, 2.24) is 9.62 Å². The first-order valence-electron chi connectivity index (χ1n) is 8.00. The van der Waals surface area contributed by atoms with Gasteiger partial charge in [0.15, 0.2) is 0 Å². The number of carbonyl (C=O) groups excluding carboxylic acids is 1. The van der Waals surface area contributed by atoms with Crippen LogP contribution in [0.3, 0.4) is 0 Å². The van der Waals surface area contributed by atoms with Crippen LogP contribution in [0.15, 0.2) is 29.2 Å². The highest BCUT2D eigenvalue weighted by molar-refractivity contribution is 7.99. The molecule has 0 radical (unpaired) electrons. The highest BCUT2D eigenvalue weighted by atomic mass is 32.2. The smallest absolute Gasteiger partial charge is 0.243 e. The monoisotopic (exact) mass is 372 g/mol. The molecule has 2 aliphatic heterocycles. The van der Waals surface area contributed by atoms with E-state index in [2.05, 4.69) is 11.0 Å². The molecule has 8 heteroatoms. The maximum Gasteiger partial charge on any atom is 0.243 e. The number of fused-ring (bicyclic) bond motifs is 2. The summed E-state index contributed by atoms with van der Waals surface area (Å²) in [5.74, 6) is -1.04. The molecule has 0 spiro atoms. The van der Waals surface area contributed by atoms with E-state index in [1.807, 2.05) is 16.7 Å². The van der Waals surface area contributed by atoms with Crippen LogP contribution in [0.2, 0.25) is 0 Å². The number of halogens is 1. The Kier molecular flexibility index (Phi) is 5.17. The molecular weight excluding hydrogens is 351 g/mol. The molecule has 1 N–H and O–H groups in total. The number of benzene rings is 1. The molecule has 2 fully saturated rings. The first-order valence-corrected chi connectivity index (χ1v) is 10.8. The van der Waals surface area contributed by atoms with Crippen LogP contribution in [0, 0.1) is 5.82 Å². The third kappa shape index (κ3) is 3.45. The van der Waals surface area contributed by atoms with Gasteiger partial charge in [0.25, 0.3) is 0 Å². The van der Waals surface area contributed by atoms with Crippen LogP contribution in [0.1, 0.15) is 25.7 Å². The number of rotatable bonds is 5. The zero-order valence-electron chi connectivity index (χ0n) is 13.4. The van der Waals surface area contributed by atoms with E-state index >= 15 is 0 Å². The highest BCUT2D eigenvalue weighted by Gasteiger charge is 2.42. The van der Waals surface area contributed by atoms with Crippen LogP contribution in [-0.2, 0) is 14.8 Å². The van der Waals surface area contributed by atoms with E-state index in [0.29, 0.717) is 5.25 Å². The van der Waals surface area contributed by atoms with Gasteiger partial charge < -0.3 is 4.90 Å². The van der Waals surface area contributed by atoms with Gasteiger partial charge in [0, 0.05) is 17.3 Å². The fourth-order valence-electron chi connectivity index (χ4n) is 3.72. The molecule has 2 bridgehead atoms. The second kappa shape index (κ2) is 7.01. The van der Waals surface area contributed by atoms with Crippen LogP contribution in [0.5, 0.6) is 0 Å². The van der Waals surface area contributed by atoms with E-state index in [0.717, 1.165) is 31.7 Å². The maximum atomic E-state index is 13.7. The third-order valence-electron chi connectivity index (χ3n) is 4.85. The lowest BCUT2D eigenvalue weighted by Crippen LogP contribution is -2.50. The van der Waals surface area contributed by atoms with E-state index in [4.69, 9.17) is 0 Å². The molecule has 2 saturated heterocycles. The predicted molar refractivity (Wildman–Crippen MR) is 91.8 cm³/mol. The summed E-state index contributed by atoms with van der Waals surface area (Å²) >= 11 is 1.83. The van der Waals surface area contributed by atoms with Gasteiger partial charge in [0.05, 0.1) is 6.54 Å². The molecular formula is C16H21FN2O3S2. The zero-order valence-corrected chi connectivity index (χ0v) is 15.1. The largest absolute Gasteiger partial charge is 0.336 e. The van der Waals surface area contributed by atoms with Crippen LogP contribution in [0.25, 0.3) is 0 Å². The summed E-state index contributed by atoms with van der Waals surface area (Å²) < 4.78 is 40.3. The molecule has 2 atom stereocenters. The molecule has 1 aromatic carbocycles. The van der Waals surface area contributed by atoms with Crippen molar-refractivity contribution in [3.63, 3.8) is 0 Å². The molecule has 132 valence electrons. The Morgan fingerprint density at radius 3 is 2.50 bits per heavy atom. The minimum Gasteiger partial charge on any atom is -0.336 e. The SMILES string of the molecule is CSC1CC2CCC(C1)N2C(=O)CNS(=O)(=O)c1ccccc1F. The molecule has 5 nitrogen and oxygen atoms in total. The van der Waals surface area contributed by atoms with Crippen molar-refractivity contribution >= 4 is 27.7 Å². The van der Waals surface area contributed by atoms with Crippen molar-refractivity contribution in [2.75, 3.05) is 12.8 Å². The molecule has 3 rings (SSSR count). The summed E-state index contributed by atoms with van der Waals surface area (Å²) in [5, 5.41) is 0.571. The number of sulfonamides is 1. The summed E-state index contributed by atoms with van der Waals surface area (Å²) in [6.07, 6.45) is 5.97. The third-order valence-corrected chi connectivity index (χ3v) is 7.34. The Hall–Kier alpha value is -1.12. The van der Waals surface area contributed by atoms with Gasteiger partial charge in [-0.2, -0.15) is 11.8 Å². The zero-order chi connectivity index (χ0) is 17.3. The van der Waals surface area contributed by atoms with Crippen LogP contribution in [-0.4, -0.2) is 49.4 Å². The Bertz CT molecular complexity index is 712. The van der Waals surface area contributed by atoms with Crippen molar-refractivity contribution in [1.29, 1.82) is 0 Å². The summed E-state index contributed by atoms with van der Waals surface area (Å²) in [4.78, 5) is 13.9. The number of thioether (sulfide) groups is 1. The van der Waals surface area contributed by atoms with Gasteiger partial charge in [0.2, 0.25) is 15.9 Å². The van der Waals surface area contributed by atoms with Crippen molar-refractivity contribution in [2.24, 2.45) is 0 Å². The van der Waals surface area contributed by atoms with Gasteiger partial charge >= 0.3 is 0 Å². The lowest BCUT2D eigenvalue weighted by atomic mass is 10.0. The quantitative estimate of drug-likeness (QED) is 0.858. The molecule has 2 heterocycles. The number of piperidine rings is 1. The molecule has 0 aromatic heterocycles. The van der Waals surface area contributed by atoms with Crippen molar-refractivity contribution in [2.45, 2.75) is 47.9 Å². The molecule has 2 aliphatic rings. The number of amides is 1. The number of nitrogens with one attached hydrogen (secondary N) is 1. The minimum atomic E-state index is -4.03. The van der Waals surface area contributed by atoms with Crippen LogP contribution < -0.4 is 4.72 Å². The lowest BCUT2D eigenvalue weighted by molar-refractivity contribution is -0.134. The normalized spacial score (nSPS) is 26.6. The second-order valence-corrected chi connectivity index (χ2v) is 9.14. The first kappa shape index (κ1) is 17.7. The Morgan fingerprint density at radius 2 is 1.92 bits per heavy atom. The fraction of sp³-hybridized carbons (Fsp3) is 0.562. The number of nitrogens with zero attached hydrogens (tertiary/aromatic N) is 1. The highest BCUT2D eigenvalue weighted by Crippen LogP contribution is 2.39. The van der Waals surface area contributed by atoms with Gasteiger partial charge in [-0.1, -0.05) is 12.1 Å². The van der Waals surface area contributed by atoms with Crippen LogP contribution in [0.4, 0.5) is 4.39 Å². The molecule has 2 unspecified atom stereocenters. The molecule has 1 amide bonds. The van der Waals surface area contributed by atoms with Gasteiger partial charge in [0.1, 0.15) is 10.7 Å². The Balaban J connectivity index is 1.65. The number of carbonyl (C=O) groups is 1. The maximum absolute atomic E-state index is 13.7. The molecule has 0 saturated carbocycles. The van der Waals surface area contributed by atoms with E-state index in [1.165, 1.54) is 18.2 Å². The number of hydrogen-bond acceptors (Lipinski definition) is 4. The standard InChI is InChI=1S/C16H21FN2O3S2/c1-23-13-8-11-6-7-12(9-13)19(11)16(20)10-18-24(21,22)15-5-3-2-4-14(15)17/h2-5,11-13,18H,6-10H2,1H3. The van der Waals surface area contributed by atoms with E-state index in [1.54, 1.807) is 0 Å². The van der Waals surface area contributed by atoms with Crippen molar-refractivity contribution < 1.29 is 17.6 Å². The molecule has 24 heavy (non-hydrogen) atoms. The minimum absolute atomic E-state index is 0.201. The van der Waals surface area contributed by atoms with Crippen molar-refractivity contribution in [3.05, 3.63) is 30.1 Å². The topological polar surface area (TPSA) is 66.5 Å². The van der Waals surface area contributed by atoms with Gasteiger partial charge in [-0.15, -0.1) is 0 Å². The summed E-state index contributed by atoms with van der Waals surface area (Å²) in [5.41, 5.74) is 0. The molecule has 0 aliphatic carbocycles. The van der Waals surface area contributed by atoms with Gasteiger partial charge in [-0.25, -0.2) is 17.5 Å². The fourth-order valence-corrected chi connectivity index (χ4v) is 5.60. The van der Waals surface area contributed by atoms with E-state index in [-0.39, 0.29) is 24.5 Å². The van der Waals surface area contributed by atoms with Crippen molar-refractivity contribution in [3.8, 4) is 0 Å². The number of hydrogen-bond donors (Lipinski definition) is 1. The van der Waals surface area contributed by atoms with Crippen LogP contribution >= 0.6 is 11.8 Å². The average molecular weight is 372 g/mol. The predicted octanol–water partition coefficient (Wildman–Crippen LogP) is 1.99. The first-order chi connectivity index (χ1) is 11.4. The lowest BCUT2D eigenvalue weighted by Gasteiger charge is -2.38. The second-order valence-electron chi connectivity index (χ2n) is 6.27. The average Bonchev–Trinajstić information content (AvgIpc) is 2.83. The van der Waals surface area contributed by atoms with E-state index in [9.17, 15) is 17.6 Å².